The standard InChI is InChI=1S/C37H27N3S/c1-3-4-6-17-31-24(2)21-30-35(39-32-18-10-9-16-29(32)36(30)38-31)28-15-11-14-26(22-28)27-19-20-33-34(23-27)41-37(40-33)25-12-7-5-8-13-25/h3-23H,1-2H3/b4-3-,17-6-. The van der Waals surface area contributed by atoms with Gasteiger partial charge in [-0.05, 0) is 66.9 Å². The van der Waals surface area contributed by atoms with E-state index in [1.807, 2.05) is 37.3 Å². The minimum Gasteiger partial charge on any atom is -0.247 e. The third-order valence-corrected chi connectivity index (χ3v) is 8.40. The molecule has 3 heterocycles. The molecule has 196 valence electrons. The lowest BCUT2D eigenvalue weighted by Gasteiger charge is -2.13. The lowest BCUT2D eigenvalue weighted by molar-refractivity contribution is 1.29. The van der Waals surface area contributed by atoms with Crippen LogP contribution in [0.3, 0.4) is 0 Å². The second-order valence-electron chi connectivity index (χ2n) is 10.1. The monoisotopic (exact) mass is 545 g/mol. The quantitative estimate of drug-likeness (QED) is 0.159. The summed E-state index contributed by atoms with van der Waals surface area (Å²) in [7, 11) is 0. The highest BCUT2D eigenvalue weighted by Crippen LogP contribution is 2.36. The van der Waals surface area contributed by atoms with Crippen LogP contribution in [-0.4, -0.2) is 15.0 Å². The molecule has 4 aromatic carbocycles. The number of aromatic nitrogens is 3. The van der Waals surface area contributed by atoms with Gasteiger partial charge in [0.05, 0.1) is 32.6 Å². The van der Waals surface area contributed by atoms with E-state index in [2.05, 4.69) is 104 Å². The number of hydrogen-bond donors (Lipinski definition) is 0. The van der Waals surface area contributed by atoms with Crippen molar-refractivity contribution in [2.45, 2.75) is 13.8 Å². The molecule has 4 heteroatoms. The van der Waals surface area contributed by atoms with Crippen LogP contribution in [0.25, 0.3) is 71.1 Å². The number of hydrogen-bond acceptors (Lipinski definition) is 4. The molecule has 41 heavy (non-hydrogen) atoms. The van der Waals surface area contributed by atoms with Crippen molar-refractivity contribution in [1.82, 2.24) is 15.0 Å². The Balaban J connectivity index is 1.36. The van der Waals surface area contributed by atoms with Gasteiger partial charge in [-0.1, -0.05) is 91.0 Å². The molecule has 7 aromatic rings. The molecule has 0 saturated carbocycles. The van der Waals surface area contributed by atoms with Crippen LogP contribution in [0.4, 0.5) is 0 Å². The van der Waals surface area contributed by atoms with E-state index in [0.29, 0.717) is 0 Å². The smallest absolute Gasteiger partial charge is 0.124 e. The maximum atomic E-state index is 5.16. The Hall–Kier alpha value is -4.93. The number of nitrogens with zero attached hydrogens (tertiary/aromatic N) is 3. The fraction of sp³-hybridized carbons (Fsp3) is 0.0541. The van der Waals surface area contributed by atoms with Crippen molar-refractivity contribution in [2.75, 3.05) is 0 Å². The molecule has 0 atom stereocenters. The number of fused-ring (bicyclic) bond motifs is 4. The Bertz CT molecular complexity index is 2120. The predicted molar refractivity (Wildman–Crippen MR) is 175 cm³/mol. The predicted octanol–water partition coefficient (Wildman–Crippen LogP) is 10.3. The lowest BCUT2D eigenvalue weighted by Crippen LogP contribution is -1.95. The number of benzene rings is 4. The fourth-order valence-corrected chi connectivity index (χ4v) is 6.28. The second kappa shape index (κ2) is 10.6. The Kier molecular flexibility index (Phi) is 6.46. The van der Waals surface area contributed by atoms with Crippen molar-refractivity contribution in [3.8, 4) is 33.0 Å². The van der Waals surface area contributed by atoms with Crippen LogP contribution >= 0.6 is 11.3 Å². The van der Waals surface area contributed by atoms with Crippen molar-refractivity contribution in [1.29, 1.82) is 0 Å². The van der Waals surface area contributed by atoms with Crippen molar-refractivity contribution in [2.24, 2.45) is 0 Å². The lowest BCUT2D eigenvalue weighted by atomic mass is 9.97. The number of para-hydroxylation sites is 1. The van der Waals surface area contributed by atoms with Crippen LogP contribution in [0.2, 0.25) is 0 Å². The first-order chi connectivity index (χ1) is 20.2. The number of pyridine rings is 2. The molecule has 0 saturated heterocycles. The van der Waals surface area contributed by atoms with E-state index in [-0.39, 0.29) is 0 Å². The molecule has 0 aliphatic rings. The van der Waals surface area contributed by atoms with E-state index in [0.717, 1.165) is 66.0 Å². The van der Waals surface area contributed by atoms with Gasteiger partial charge in [0.15, 0.2) is 0 Å². The van der Waals surface area contributed by atoms with Crippen molar-refractivity contribution < 1.29 is 0 Å². The maximum Gasteiger partial charge on any atom is 0.124 e. The highest BCUT2D eigenvalue weighted by atomic mass is 32.1. The summed E-state index contributed by atoms with van der Waals surface area (Å²) in [6.07, 6.45) is 8.16. The van der Waals surface area contributed by atoms with E-state index >= 15 is 0 Å². The molecule has 0 aliphatic heterocycles. The molecule has 3 nitrogen and oxygen atoms in total. The number of allylic oxidation sites excluding steroid dienone is 3. The molecule has 0 spiro atoms. The third-order valence-electron chi connectivity index (χ3n) is 7.33. The molecular weight excluding hydrogens is 518 g/mol. The Morgan fingerprint density at radius 2 is 1.39 bits per heavy atom. The van der Waals surface area contributed by atoms with Crippen molar-refractivity contribution in [3.05, 3.63) is 133 Å². The minimum absolute atomic E-state index is 0.944. The van der Waals surface area contributed by atoms with E-state index in [9.17, 15) is 0 Å². The van der Waals surface area contributed by atoms with Gasteiger partial charge in [-0.15, -0.1) is 11.3 Å². The maximum absolute atomic E-state index is 5.16. The van der Waals surface area contributed by atoms with Crippen LogP contribution in [0, 0.1) is 6.92 Å². The summed E-state index contributed by atoms with van der Waals surface area (Å²) in [5.74, 6) is 0. The fourth-order valence-electron chi connectivity index (χ4n) is 5.27. The summed E-state index contributed by atoms with van der Waals surface area (Å²) in [6, 6.07) is 36.1. The number of thiazole rings is 1. The molecule has 0 bridgehead atoms. The molecule has 0 amide bonds. The first kappa shape index (κ1) is 25.1. The summed E-state index contributed by atoms with van der Waals surface area (Å²) >= 11 is 1.73. The van der Waals surface area contributed by atoms with E-state index in [1.54, 1.807) is 11.3 Å². The molecule has 0 unspecified atom stereocenters. The van der Waals surface area contributed by atoms with Gasteiger partial charge < -0.3 is 0 Å². The molecule has 7 rings (SSSR count). The second-order valence-corrected chi connectivity index (χ2v) is 11.1. The Labute approximate surface area is 243 Å². The molecule has 3 aromatic heterocycles. The number of aryl methyl sites for hydroxylation is 1. The zero-order valence-electron chi connectivity index (χ0n) is 22.9. The molecule has 0 fully saturated rings. The molecule has 0 aliphatic carbocycles. The van der Waals surface area contributed by atoms with Gasteiger partial charge >= 0.3 is 0 Å². The van der Waals surface area contributed by atoms with Gasteiger partial charge in [0, 0.05) is 21.9 Å². The van der Waals surface area contributed by atoms with Gasteiger partial charge in [0.1, 0.15) is 5.01 Å². The molecular formula is C37H27N3S. The zero-order valence-corrected chi connectivity index (χ0v) is 23.7. The number of rotatable bonds is 5. The largest absolute Gasteiger partial charge is 0.247 e. The summed E-state index contributed by atoms with van der Waals surface area (Å²) in [5, 5.41) is 3.17. The van der Waals surface area contributed by atoms with Crippen LogP contribution < -0.4 is 0 Å². The van der Waals surface area contributed by atoms with Crippen molar-refractivity contribution in [3.63, 3.8) is 0 Å². The first-order valence-electron chi connectivity index (χ1n) is 13.7. The van der Waals surface area contributed by atoms with Crippen LogP contribution in [0.15, 0.2) is 121 Å². The summed E-state index contributed by atoms with van der Waals surface area (Å²) in [5.41, 5.74) is 10.5. The summed E-state index contributed by atoms with van der Waals surface area (Å²) in [4.78, 5) is 15.2. The Morgan fingerprint density at radius 3 is 2.27 bits per heavy atom. The van der Waals surface area contributed by atoms with Crippen LogP contribution in [0.1, 0.15) is 18.2 Å². The minimum atomic E-state index is 0.944. The summed E-state index contributed by atoms with van der Waals surface area (Å²) < 4.78 is 1.18. The van der Waals surface area contributed by atoms with Gasteiger partial charge in [-0.25, -0.2) is 15.0 Å². The summed E-state index contributed by atoms with van der Waals surface area (Å²) in [6.45, 7) is 4.13. The Morgan fingerprint density at radius 1 is 0.610 bits per heavy atom. The van der Waals surface area contributed by atoms with Crippen LogP contribution in [-0.2, 0) is 0 Å². The highest BCUT2D eigenvalue weighted by molar-refractivity contribution is 7.21. The van der Waals surface area contributed by atoms with E-state index < -0.39 is 0 Å². The third kappa shape index (κ3) is 4.73. The zero-order chi connectivity index (χ0) is 27.8. The molecule has 0 N–H and O–H groups in total. The van der Waals surface area contributed by atoms with E-state index in [1.165, 1.54) is 10.3 Å². The highest BCUT2D eigenvalue weighted by Gasteiger charge is 2.15. The normalized spacial score (nSPS) is 12.0. The topological polar surface area (TPSA) is 38.7 Å². The van der Waals surface area contributed by atoms with Crippen molar-refractivity contribution >= 4 is 49.4 Å². The average Bonchev–Trinajstić information content (AvgIpc) is 3.45. The first-order valence-corrected chi connectivity index (χ1v) is 14.6. The average molecular weight is 546 g/mol. The van der Waals surface area contributed by atoms with Crippen LogP contribution in [0.5, 0.6) is 0 Å². The van der Waals surface area contributed by atoms with Gasteiger partial charge in [-0.3, -0.25) is 0 Å². The van der Waals surface area contributed by atoms with Gasteiger partial charge in [0.2, 0.25) is 0 Å². The molecule has 0 radical (unpaired) electrons. The van der Waals surface area contributed by atoms with Gasteiger partial charge in [0.25, 0.3) is 0 Å². The van der Waals surface area contributed by atoms with E-state index in [4.69, 9.17) is 15.0 Å². The van der Waals surface area contributed by atoms with Gasteiger partial charge in [-0.2, -0.15) is 0 Å². The SMILES string of the molecule is C/C=C\C=C/c1nc2c(cc1C)c(-c1cccc(-c3ccc4nc(-c5ccccc5)sc4c3)c1)nc1ccccc12.